The zero-order valence-corrected chi connectivity index (χ0v) is 12.5. The number of nitrogens with two attached hydrogens (primary N) is 3. The molecular formula is C16H16N6O. The largest absolute Gasteiger partial charge is 0.436 e. The van der Waals surface area contributed by atoms with Gasteiger partial charge in [0.05, 0.1) is 5.69 Å². The number of aliphatic imine (C=N–C) groups is 2. The Morgan fingerprint density at radius 3 is 2.48 bits per heavy atom. The first kappa shape index (κ1) is 14.6. The van der Waals surface area contributed by atoms with Crippen LogP contribution >= 0.6 is 0 Å². The van der Waals surface area contributed by atoms with Gasteiger partial charge in [-0.25, -0.2) is 9.98 Å². The summed E-state index contributed by atoms with van der Waals surface area (Å²) in [5.74, 6) is 0.389. The van der Waals surface area contributed by atoms with Gasteiger partial charge in [-0.3, -0.25) is 0 Å². The minimum atomic E-state index is -0.143. The molecule has 7 heteroatoms. The van der Waals surface area contributed by atoms with Gasteiger partial charge in [-0.15, -0.1) is 0 Å². The summed E-state index contributed by atoms with van der Waals surface area (Å²) in [6.45, 7) is 2.03. The van der Waals surface area contributed by atoms with E-state index in [4.69, 9.17) is 21.6 Å². The van der Waals surface area contributed by atoms with Crippen molar-refractivity contribution in [3.05, 3.63) is 48.0 Å². The van der Waals surface area contributed by atoms with Gasteiger partial charge >= 0.3 is 0 Å². The van der Waals surface area contributed by atoms with E-state index < -0.39 is 0 Å². The van der Waals surface area contributed by atoms with Crippen LogP contribution in [-0.4, -0.2) is 16.9 Å². The normalized spacial score (nSPS) is 11.6. The summed E-state index contributed by atoms with van der Waals surface area (Å²) in [5.41, 5.74) is 20.2. The van der Waals surface area contributed by atoms with Crippen molar-refractivity contribution in [3.63, 3.8) is 0 Å². The van der Waals surface area contributed by atoms with Gasteiger partial charge in [-0.05, 0) is 37.3 Å². The molecule has 0 saturated heterocycles. The highest BCUT2D eigenvalue weighted by Crippen LogP contribution is 2.27. The number of guanidine groups is 2. The maximum atomic E-state index is 5.76. The van der Waals surface area contributed by atoms with Crippen LogP contribution < -0.4 is 17.2 Å². The van der Waals surface area contributed by atoms with Crippen molar-refractivity contribution < 1.29 is 4.42 Å². The van der Waals surface area contributed by atoms with E-state index in [2.05, 4.69) is 15.0 Å². The number of rotatable bonds is 2. The molecule has 0 atom stereocenters. The van der Waals surface area contributed by atoms with E-state index in [0.29, 0.717) is 22.7 Å². The summed E-state index contributed by atoms with van der Waals surface area (Å²) in [6, 6.07) is 13.2. The predicted octanol–water partition coefficient (Wildman–Crippen LogP) is 2.02. The van der Waals surface area contributed by atoms with Gasteiger partial charge in [0.2, 0.25) is 11.9 Å². The first-order valence-corrected chi connectivity index (χ1v) is 6.93. The third-order valence-electron chi connectivity index (χ3n) is 3.16. The molecule has 1 aromatic heterocycles. The molecule has 6 N–H and O–H groups in total. The summed E-state index contributed by atoms with van der Waals surface area (Å²) < 4.78 is 5.76. The lowest BCUT2D eigenvalue weighted by atomic mass is 10.1. The van der Waals surface area contributed by atoms with Crippen LogP contribution in [0.3, 0.4) is 0 Å². The van der Waals surface area contributed by atoms with Crippen molar-refractivity contribution in [1.29, 1.82) is 0 Å². The summed E-state index contributed by atoms with van der Waals surface area (Å²) >= 11 is 0. The van der Waals surface area contributed by atoms with Crippen molar-refractivity contribution >= 4 is 28.7 Å². The lowest BCUT2D eigenvalue weighted by molar-refractivity contribution is 0.620. The zero-order chi connectivity index (χ0) is 16.4. The molecule has 0 aliphatic heterocycles. The molecule has 3 aromatic rings. The lowest BCUT2D eigenvalue weighted by Crippen LogP contribution is -2.26. The fourth-order valence-corrected chi connectivity index (χ4v) is 2.09. The number of aromatic nitrogens is 1. The molecule has 0 spiro atoms. The van der Waals surface area contributed by atoms with Crippen molar-refractivity contribution in [1.82, 2.24) is 4.98 Å². The van der Waals surface area contributed by atoms with E-state index in [-0.39, 0.29) is 11.9 Å². The quantitative estimate of drug-likeness (QED) is 0.492. The second-order valence-electron chi connectivity index (χ2n) is 5.04. The van der Waals surface area contributed by atoms with Crippen molar-refractivity contribution in [3.8, 4) is 11.5 Å². The van der Waals surface area contributed by atoms with Crippen LogP contribution in [-0.2, 0) is 0 Å². The zero-order valence-electron chi connectivity index (χ0n) is 12.5. The molecule has 7 nitrogen and oxygen atoms in total. The van der Waals surface area contributed by atoms with Crippen LogP contribution in [0.5, 0.6) is 0 Å². The van der Waals surface area contributed by atoms with E-state index in [0.717, 1.165) is 5.56 Å². The Balaban J connectivity index is 1.98. The van der Waals surface area contributed by atoms with E-state index in [1.54, 1.807) is 18.2 Å². The molecule has 0 aliphatic carbocycles. The van der Waals surface area contributed by atoms with E-state index in [9.17, 15) is 0 Å². The minimum absolute atomic E-state index is 0.0217. The monoisotopic (exact) mass is 308 g/mol. The molecule has 116 valence electrons. The van der Waals surface area contributed by atoms with Crippen LogP contribution in [0.15, 0.2) is 56.9 Å². The SMILES string of the molecule is Cc1ccc(-c2nc3cc(N=C(N)N=C(N)N)ccc3o2)cc1. The van der Waals surface area contributed by atoms with Crippen molar-refractivity contribution in [2.75, 3.05) is 0 Å². The summed E-state index contributed by atoms with van der Waals surface area (Å²) in [5, 5.41) is 0. The lowest BCUT2D eigenvalue weighted by Gasteiger charge is -1.95. The molecule has 0 unspecified atom stereocenters. The summed E-state index contributed by atoms with van der Waals surface area (Å²) in [4.78, 5) is 12.3. The second-order valence-corrected chi connectivity index (χ2v) is 5.04. The fourth-order valence-electron chi connectivity index (χ4n) is 2.09. The number of fused-ring (bicyclic) bond motifs is 1. The maximum absolute atomic E-state index is 5.76. The third-order valence-corrected chi connectivity index (χ3v) is 3.16. The number of hydrogen-bond acceptors (Lipinski definition) is 3. The van der Waals surface area contributed by atoms with Gasteiger partial charge in [0, 0.05) is 5.56 Å². The highest BCUT2D eigenvalue weighted by molar-refractivity contribution is 5.94. The molecule has 1 heterocycles. The summed E-state index contributed by atoms with van der Waals surface area (Å²) in [7, 11) is 0. The van der Waals surface area contributed by atoms with Gasteiger partial charge in [0.15, 0.2) is 11.5 Å². The van der Waals surface area contributed by atoms with Crippen LogP contribution in [0.2, 0.25) is 0 Å². The molecule has 0 radical (unpaired) electrons. The van der Waals surface area contributed by atoms with Crippen LogP contribution in [0.4, 0.5) is 5.69 Å². The Labute approximate surface area is 132 Å². The van der Waals surface area contributed by atoms with Crippen LogP contribution in [0.25, 0.3) is 22.6 Å². The average molecular weight is 308 g/mol. The van der Waals surface area contributed by atoms with Crippen LogP contribution in [0.1, 0.15) is 5.56 Å². The predicted molar refractivity (Wildman–Crippen MR) is 91.3 cm³/mol. The van der Waals surface area contributed by atoms with Gasteiger partial charge in [-0.1, -0.05) is 17.7 Å². The number of aryl methyl sites for hydroxylation is 1. The van der Waals surface area contributed by atoms with Gasteiger partial charge in [0.1, 0.15) is 5.52 Å². The molecule has 2 aromatic carbocycles. The standard InChI is InChI=1S/C16H16N6O/c1-9-2-4-10(5-3-9)14-21-12-8-11(6-7-13(12)23-14)20-16(19)22-15(17)18/h2-8H,1H3,(H6,17,18,19,20,22). The average Bonchev–Trinajstić information content (AvgIpc) is 2.90. The molecule has 0 amide bonds. The van der Waals surface area contributed by atoms with Crippen molar-refractivity contribution in [2.24, 2.45) is 27.2 Å². The Morgan fingerprint density at radius 1 is 1.04 bits per heavy atom. The molecule has 0 saturated carbocycles. The molecular weight excluding hydrogens is 292 g/mol. The number of benzene rings is 2. The Bertz CT molecular complexity index is 904. The van der Waals surface area contributed by atoms with E-state index in [1.165, 1.54) is 5.56 Å². The topological polar surface area (TPSA) is 129 Å². The first-order valence-electron chi connectivity index (χ1n) is 6.93. The third kappa shape index (κ3) is 3.29. The fraction of sp³-hybridized carbons (Fsp3) is 0.0625. The van der Waals surface area contributed by atoms with Crippen molar-refractivity contribution in [2.45, 2.75) is 6.92 Å². The van der Waals surface area contributed by atoms with Gasteiger partial charge < -0.3 is 21.6 Å². The van der Waals surface area contributed by atoms with Gasteiger partial charge in [0.25, 0.3) is 0 Å². The smallest absolute Gasteiger partial charge is 0.227 e. The van der Waals surface area contributed by atoms with E-state index >= 15 is 0 Å². The first-order chi connectivity index (χ1) is 11.0. The maximum Gasteiger partial charge on any atom is 0.227 e. The van der Waals surface area contributed by atoms with Gasteiger partial charge in [-0.2, -0.15) is 4.99 Å². The minimum Gasteiger partial charge on any atom is -0.436 e. The molecule has 0 aliphatic rings. The molecule has 0 bridgehead atoms. The Kier molecular flexibility index (Phi) is 3.68. The molecule has 3 rings (SSSR count). The number of hydrogen-bond donors (Lipinski definition) is 3. The Hall–Kier alpha value is -3.35. The van der Waals surface area contributed by atoms with E-state index in [1.807, 2.05) is 31.2 Å². The number of nitrogens with zero attached hydrogens (tertiary/aromatic N) is 3. The van der Waals surface area contributed by atoms with Crippen LogP contribution in [0, 0.1) is 6.92 Å². The highest BCUT2D eigenvalue weighted by Gasteiger charge is 2.08. The second kappa shape index (κ2) is 5.80. The highest BCUT2D eigenvalue weighted by atomic mass is 16.3. The summed E-state index contributed by atoms with van der Waals surface area (Å²) in [6.07, 6.45) is 0. The molecule has 23 heavy (non-hydrogen) atoms. The molecule has 0 fully saturated rings. The number of oxazole rings is 1. The Morgan fingerprint density at radius 2 is 1.78 bits per heavy atom.